The van der Waals surface area contributed by atoms with Gasteiger partial charge in [0, 0.05) is 17.8 Å². The van der Waals surface area contributed by atoms with Crippen LogP contribution < -0.4 is 11.1 Å². The molecular formula is C17H20N2O2. The third-order valence-electron chi connectivity index (χ3n) is 3.41. The normalized spacial score (nSPS) is 10.4. The van der Waals surface area contributed by atoms with E-state index in [-0.39, 0.29) is 11.7 Å². The maximum atomic E-state index is 12.0. The Kier molecular flexibility index (Phi) is 4.48. The largest absolute Gasteiger partial charge is 0.508 e. The number of rotatable bonds is 4. The second kappa shape index (κ2) is 6.31. The highest BCUT2D eigenvalue weighted by molar-refractivity contribution is 5.91. The molecule has 0 unspecified atom stereocenters. The molecular weight excluding hydrogens is 264 g/mol. The highest BCUT2D eigenvalue weighted by Gasteiger charge is 2.08. The van der Waals surface area contributed by atoms with Gasteiger partial charge in [-0.15, -0.1) is 0 Å². The second-order valence-corrected chi connectivity index (χ2v) is 5.25. The summed E-state index contributed by atoms with van der Waals surface area (Å²) in [6.45, 7) is 3.66. The molecule has 4 nitrogen and oxygen atoms in total. The molecule has 0 bridgehead atoms. The van der Waals surface area contributed by atoms with E-state index in [1.54, 1.807) is 19.1 Å². The Hall–Kier alpha value is -2.49. The van der Waals surface area contributed by atoms with Crippen molar-refractivity contribution >= 4 is 17.3 Å². The van der Waals surface area contributed by atoms with Crippen molar-refractivity contribution in [3.8, 4) is 5.75 Å². The maximum Gasteiger partial charge on any atom is 0.224 e. The van der Waals surface area contributed by atoms with Gasteiger partial charge in [-0.1, -0.05) is 12.1 Å². The molecule has 0 aliphatic carbocycles. The molecule has 0 spiro atoms. The summed E-state index contributed by atoms with van der Waals surface area (Å²) in [6.07, 6.45) is 1.04. The van der Waals surface area contributed by atoms with Gasteiger partial charge >= 0.3 is 0 Å². The van der Waals surface area contributed by atoms with E-state index in [4.69, 9.17) is 5.73 Å². The number of nitrogens with one attached hydrogen (secondary N) is 1. The van der Waals surface area contributed by atoms with Gasteiger partial charge in [0.2, 0.25) is 5.91 Å². The van der Waals surface area contributed by atoms with Crippen molar-refractivity contribution in [3.05, 3.63) is 53.1 Å². The SMILES string of the molecule is Cc1cc(NC(=O)CCc2cccc(N)c2)c(C)cc1O. The average Bonchev–Trinajstić information content (AvgIpc) is 2.43. The monoisotopic (exact) mass is 284 g/mol. The number of phenols is 1. The van der Waals surface area contributed by atoms with Crippen molar-refractivity contribution in [2.24, 2.45) is 0 Å². The Labute approximate surface area is 124 Å². The number of carbonyl (C=O) groups is 1. The van der Waals surface area contributed by atoms with Crippen molar-refractivity contribution in [2.75, 3.05) is 11.1 Å². The van der Waals surface area contributed by atoms with Crippen LogP contribution in [-0.2, 0) is 11.2 Å². The molecule has 2 aromatic carbocycles. The number of nitrogen functional groups attached to an aromatic ring is 1. The van der Waals surface area contributed by atoms with Crippen LogP contribution >= 0.6 is 0 Å². The van der Waals surface area contributed by atoms with Gasteiger partial charge in [-0.2, -0.15) is 0 Å². The first-order chi connectivity index (χ1) is 9.95. The molecule has 0 saturated heterocycles. The number of aryl methyl sites for hydroxylation is 3. The molecule has 4 heteroatoms. The average molecular weight is 284 g/mol. The minimum Gasteiger partial charge on any atom is -0.508 e. The van der Waals surface area contributed by atoms with Gasteiger partial charge in [-0.3, -0.25) is 4.79 Å². The molecule has 0 heterocycles. The summed E-state index contributed by atoms with van der Waals surface area (Å²) in [6, 6.07) is 11.0. The van der Waals surface area contributed by atoms with Crippen LogP contribution in [0.2, 0.25) is 0 Å². The quantitative estimate of drug-likeness (QED) is 0.596. The zero-order valence-corrected chi connectivity index (χ0v) is 12.3. The van der Waals surface area contributed by atoms with Crippen LogP contribution in [-0.4, -0.2) is 11.0 Å². The van der Waals surface area contributed by atoms with Gasteiger partial charge < -0.3 is 16.2 Å². The van der Waals surface area contributed by atoms with E-state index in [1.807, 2.05) is 31.2 Å². The standard InChI is InChI=1S/C17H20N2O2/c1-11-9-16(20)12(2)8-15(11)19-17(21)7-6-13-4-3-5-14(18)10-13/h3-5,8-10,20H,6-7,18H2,1-2H3,(H,19,21). The van der Waals surface area contributed by atoms with Gasteiger partial charge in [0.15, 0.2) is 0 Å². The van der Waals surface area contributed by atoms with E-state index >= 15 is 0 Å². The molecule has 0 fully saturated rings. The number of hydrogen-bond acceptors (Lipinski definition) is 3. The number of amides is 1. The van der Waals surface area contributed by atoms with Crippen LogP contribution in [0.4, 0.5) is 11.4 Å². The minimum absolute atomic E-state index is 0.0504. The predicted molar refractivity (Wildman–Crippen MR) is 85.4 cm³/mol. The lowest BCUT2D eigenvalue weighted by Crippen LogP contribution is -2.13. The van der Waals surface area contributed by atoms with Gasteiger partial charge in [0.25, 0.3) is 0 Å². The molecule has 21 heavy (non-hydrogen) atoms. The first-order valence-corrected chi connectivity index (χ1v) is 6.90. The Morgan fingerprint density at radius 1 is 1.19 bits per heavy atom. The Morgan fingerprint density at radius 2 is 1.95 bits per heavy atom. The first-order valence-electron chi connectivity index (χ1n) is 6.90. The Bertz CT molecular complexity index is 666. The molecule has 1 amide bonds. The van der Waals surface area contributed by atoms with Crippen LogP contribution in [0, 0.1) is 13.8 Å². The fraction of sp³-hybridized carbons (Fsp3) is 0.235. The molecule has 0 aliphatic rings. The number of benzene rings is 2. The fourth-order valence-electron chi connectivity index (χ4n) is 2.15. The van der Waals surface area contributed by atoms with E-state index in [9.17, 15) is 9.90 Å². The third kappa shape index (κ3) is 3.99. The second-order valence-electron chi connectivity index (χ2n) is 5.25. The summed E-state index contributed by atoms with van der Waals surface area (Å²) in [5.41, 5.74) is 9.79. The summed E-state index contributed by atoms with van der Waals surface area (Å²) in [5.74, 6) is 0.191. The van der Waals surface area contributed by atoms with E-state index in [0.717, 1.165) is 22.4 Å². The molecule has 2 rings (SSSR count). The van der Waals surface area contributed by atoms with E-state index in [2.05, 4.69) is 5.32 Å². The van der Waals surface area contributed by atoms with Crippen LogP contribution in [0.5, 0.6) is 5.75 Å². The van der Waals surface area contributed by atoms with E-state index in [1.165, 1.54) is 0 Å². The summed E-state index contributed by atoms with van der Waals surface area (Å²) >= 11 is 0. The lowest BCUT2D eigenvalue weighted by atomic mass is 10.1. The molecule has 4 N–H and O–H groups in total. The highest BCUT2D eigenvalue weighted by Crippen LogP contribution is 2.25. The molecule has 110 valence electrons. The zero-order chi connectivity index (χ0) is 15.4. The number of nitrogens with two attached hydrogens (primary N) is 1. The first kappa shape index (κ1) is 14.9. The Balaban J connectivity index is 1.97. The number of hydrogen-bond donors (Lipinski definition) is 3. The van der Waals surface area contributed by atoms with E-state index in [0.29, 0.717) is 18.5 Å². The van der Waals surface area contributed by atoms with Crippen molar-refractivity contribution in [1.29, 1.82) is 0 Å². The molecule has 0 aromatic heterocycles. The molecule has 2 aromatic rings. The molecule has 0 aliphatic heterocycles. The number of anilines is 2. The van der Waals surface area contributed by atoms with Crippen LogP contribution in [0.25, 0.3) is 0 Å². The predicted octanol–water partition coefficient (Wildman–Crippen LogP) is 3.16. The van der Waals surface area contributed by atoms with Gasteiger partial charge in [0.1, 0.15) is 5.75 Å². The fourth-order valence-corrected chi connectivity index (χ4v) is 2.15. The zero-order valence-electron chi connectivity index (χ0n) is 12.3. The van der Waals surface area contributed by atoms with Crippen molar-refractivity contribution in [1.82, 2.24) is 0 Å². The summed E-state index contributed by atoms with van der Waals surface area (Å²) in [7, 11) is 0. The van der Waals surface area contributed by atoms with Crippen molar-refractivity contribution < 1.29 is 9.90 Å². The van der Waals surface area contributed by atoms with Gasteiger partial charge in [0.05, 0.1) is 0 Å². The summed E-state index contributed by atoms with van der Waals surface area (Å²) in [4.78, 5) is 12.0. The van der Waals surface area contributed by atoms with Crippen LogP contribution in [0.1, 0.15) is 23.1 Å². The summed E-state index contributed by atoms with van der Waals surface area (Å²) < 4.78 is 0. The van der Waals surface area contributed by atoms with Crippen molar-refractivity contribution in [3.63, 3.8) is 0 Å². The lowest BCUT2D eigenvalue weighted by Gasteiger charge is -2.11. The molecule has 0 saturated carbocycles. The smallest absolute Gasteiger partial charge is 0.224 e. The van der Waals surface area contributed by atoms with Gasteiger partial charge in [-0.05, 0) is 61.2 Å². The third-order valence-corrected chi connectivity index (χ3v) is 3.41. The number of aromatic hydroxyl groups is 1. The number of phenolic OH excluding ortho intramolecular Hbond substituents is 1. The molecule has 0 atom stereocenters. The highest BCUT2D eigenvalue weighted by atomic mass is 16.3. The van der Waals surface area contributed by atoms with E-state index < -0.39 is 0 Å². The minimum atomic E-state index is -0.0504. The maximum absolute atomic E-state index is 12.0. The number of carbonyl (C=O) groups excluding carboxylic acids is 1. The lowest BCUT2D eigenvalue weighted by molar-refractivity contribution is -0.116. The Morgan fingerprint density at radius 3 is 2.67 bits per heavy atom. The van der Waals surface area contributed by atoms with Crippen molar-refractivity contribution in [2.45, 2.75) is 26.7 Å². The summed E-state index contributed by atoms with van der Waals surface area (Å²) in [5, 5.41) is 12.5. The van der Waals surface area contributed by atoms with Gasteiger partial charge in [-0.25, -0.2) is 0 Å². The molecule has 0 radical (unpaired) electrons. The van der Waals surface area contributed by atoms with Crippen LogP contribution in [0.15, 0.2) is 36.4 Å². The topological polar surface area (TPSA) is 75.4 Å². The van der Waals surface area contributed by atoms with Crippen LogP contribution in [0.3, 0.4) is 0 Å².